The van der Waals surface area contributed by atoms with Gasteiger partial charge in [0.2, 0.25) is 0 Å². The van der Waals surface area contributed by atoms with Crippen LogP contribution in [0.3, 0.4) is 0 Å². The SMILES string of the molecule is Cn1c(=O)cc(SC(C)(C)C)[nH]c1=O. The molecule has 0 aromatic carbocycles. The summed E-state index contributed by atoms with van der Waals surface area (Å²) in [6.45, 7) is 6.06. The van der Waals surface area contributed by atoms with E-state index in [4.69, 9.17) is 0 Å². The minimum atomic E-state index is -0.371. The van der Waals surface area contributed by atoms with Crippen LogP contribution < -0.4 is 11.2 Å². The number of nitrogens with one attached hydrogen (secondary N) is 1. The van der Waals surface area contributed by atoms with E-state index in [1.54, 1.807) is 0 Å². The molecule has 78 valence electrons. The third-order valence-electron chi connectivity index (χ3n) is 1.54. The average molecular weight is 214 g/mol. The van der Waals surface area contributed by atoms with E-state index < -0.39 is 0 Å². The summed E-state index contributed by atoms with van der Waals surface area (Å²) in [6.07, 6.45) is 0. The molecular formula is C9H14N2O2S. The fraction of sp³-hybridized carbons (Fsp3) is 0.556. The maximum Gasteiger partial charge on any atom is 0.328 e. The van der Waals surface area contributed by atoms with Crippen molar-refractivity contribution >= 4 is 11.8 Å². The van der Waals surface area contributed by atoms with Gasteiger partial charge in [-0.25, -0.2) is 4.79 Å². The summed E-state index contributed by atoms with van der Waals surface area (Å²) in [6, 6.07) is 1.44. The molecule has 0 aliphatic heterocycles. The van der Waals surface area contributed by atoms with E-state index in [9.17, 15) is 9.59 Å². The standard InChI is InChI=1S/C9H14N2O2S/c1-9(2,3)14-6-5-7(12)11(4)8(13)10-6/h5H,1-4H3,(H,10,13). The quantitative estimate of drug-likeness (QED) is 0.559. The minimum absolute atomic E-state index is 0.0185. The monoisotopic (exact) mass is 214 g/mol. The van der Waals surface area contributed by atoms with Crippen molar-refractivity contribution < 1.29 is 0 Å². The zero-order valence-electron chi connectivity index (χ0n) is 8.75. The minimum Gasteiger partial charge on any atom is -0.302 e. The second kappa shape index (κ2) is 3.65. The van der Waals surface area contributed by atoms with Crippen molar-refractivity contribution in [2.24, 2.45) is 7.05 Å². The Morgan fingerprint density at radius 3 is 2.36 bits per heavy atom. The van der Waals surface area contributed by atoms with Crippen LogP contribution in [-0.2, 0) is 7.05 Å². The largest absolute Gasteiger partial charge is 0.328 e. The molecule has 0 aliphatic carbocycles. The van der Waals surface area contributed by atoms with E-state index >= 15 is 0 Å². The molecule has 0 amide bonds. The van der Waals surface area contributed by atoms with Crippen molar-refractivity contribution in [1.29, 1.82) is 0 Å². The van der Waals surface area contributed by atoms with Gasteiger partial charge in [0, 0.05) is 17.9 Å². The van der Waals surface area contributed by atoms with Gasteiger partial charge < -0.3 is 4.98 Å². The highest BCUT2D eigenvalue weighted by Crippen LogP contribution is 2.28. The van der Waals surface area contributed by atoms with Crippen molar-refractivity contribution in [1.82, 2.24) is 9.55 Å². The number of H-pyrrole nitrogens is 1. The van der Waals surface area contributed by atoms with Crippen LogP contribution >= 0.6 is 11.8 Å². The second-order valence-electron chi connectivity index (χ2n) is 4.05. The Hall–Kier alpha value is -0.970. The first-order valence-corrected chi connectivity index (χ1v) is 5.10. The Morgan fingerprint density at radius 2 is 1.93 bits per heavy atom. The molecule has 0 saturated carbocycles. The molecule has 0 aliphatic rings. The lowest BCUT2D eigenvalue weighted by Crippen LogP contribution is -2.32. The first-order chi connectivity index (χ1) is 6.29. The van der Waals surface area contributed by atoms with Crippen LogP contribution in [0.5, 0.6) is 0 Å². The maximum atomic E-state index is 11.3. The van der Waals surface area contributed by atoms with Crippen molar-refractivity contribution in [2.45, 2.75) is 30.5 Å². The van der Waals surface area contributed by atoms with Gasteiger partial charge in [0.15, 0.2) is 0 Å². The van der Waals surface area contributed by atoms with Gasteiger partial charge in [-0.2, -0.15) is 0 Å². The van der Waals surface area contributed by atoms with Crippen LogP contribution in [0.1, 0.15) is 20.8 Å². The molecule has 4 nitrogen and oxygen atoms in total. The molecule has 14 heavy (non-hydrogen) atoms. The zero-order chi connectivity index (χ0) is 10.9. The number of aromatic nitrogens is 2. The van der Waals surface area contributed by atoms with E-state index in [0.29, 0.717) is 5.03 Å². The molecule has 0 atom stereocenters. The summed E-state index contributed by atoms with van der Waals surface area (Å²) in [5.74, 6) is 0. The first-order valence-electron chi connectivity index (χ1n) is 4.29. The molecular weight excluding hydrogens is 200 g/mol. The first kappa shape index (κ1) is 11.1. The topological polar surface area (TPSA) is 54.9 Å². The molecule has 0 unspecified atom stereocenters. The van der Waals surface area contributed by atoms with E-state index in [1.165, 1.54) is 24.9 Å². The Labute approximate surface area is 86.4 Å². The summed E-state index contributed by atoms with van der Waals surface area (Å²) in [5.41, 5.74) is -0.648. The zero-order valence-corrected chi connectivity index (χ0v) is 9.57. The number of rotatable bonds is 1. The van der Waals surface area contributed by atoms with Gasteiger partial charge in [-0.05, 0) is 0 Å². The number of thioether (sulfide) groups is 1. The fourth-order valence-corrected chi connectivity index (χ4v) is 1.88. The lowest BCUT2D eigenvalue weighted by molar-refractivity contribution is 0.741. The van der Waals surface area contributed by atoms with Gasteiger partial charge in [-0.3, -0.25) is 9.36 Å². The van der Waals surface area contributed by atoms with Crippen molar-refractivity contribution in [3.8, 4) is 0 Å². The molecule has 5 heteroatoms. The molecule has 1 N–H and O–H groups in total. The van der Waals surface area contributed by atoms with Crippen LogP contribution in [0.2, 0.25) is 0 Å². The normalized spacial score (nSPS) is 11.7. The van der Waals surface area contributed by atoms with Crippen molar-refractivity contribution in [3.05, 3.63) is 26.9 Å². The highest BCUT2D eigenvalue weighted by Gasteiger charge is 2.13. The molecule has 0 fully saturated rings. The molecule has 1 aromatic heterocycles. The summed E-state index contributed by atoms with van der Waals surface area (Å²) in [4.78, 5) is 25.2. The Morgan fingerprint density at radius 1 is 1.36 bits per heavy atom. The fourth-order valence-electron chi connectivity index (χ4n) is 0.919. The van der Waals surface area contributed by atoms with Gasteiger partial charge in [0.25, 0.3) is 5.56 Å². The highest BCUT2D eigenvalue weighted by molar-refractivity contribution is 8.00. The summed E-state index contributed by atoms with van der Waals surface area (Å²) >= 11 is 1.47. The number of aromatic amines is 1. The summed E-state index contributed by atoms with van der Waals surface area (Å²) in [7, 11) is 1.45. The van der Waals surface area contributed by atoms with Crippen molar-refractivity contribution in [2.75, 3.05) is 0 Å². The van der Waals surface area contributed by atoms with E-state index in [2.05, 4.69) is 4.98 Å². The molecule has 1 aromatic rings. The van der Waals surface area contributed by atoms with E-state index in [0.717, 1.165) is 4.57 Å². The third kappa shape index (κ3) is 2.77. The molecule has 1 rings (SSSR count). The van der Waals surface area contributed by atoms with Gasteiger partial charge in [0.1, 0.15) is 0 Å². The summed E-state index contributed by atoms with van der Waals surface area (Å²) < 4.78 is 1.03. The molecule has 0 bridgehead atoms. The molecule has 0 radical (unpaired) electrons. The highest BCUT2D eigenvalue weighted by atomic mass is 32.2. The van der Waals surface area contributed by atoms with E-state index in [1.807, 2.05) is 20.8 Å². The number of nitrogens with zero attached hydrogens (tertiary/aromatic N) is 1. The molecule has 0 spiro atoms. The van der Waals surface area contributed by atoms with Gasteiger partial charge in [-0.15, -0.1) is 11.8 Å². The number of hydrogen-bond donors (Lipinski definition) is 1. The Kier molecular flexibility index (Phi) is 2.89. The molecule has 1 heterocycles. The number of hydrogen-bond acceptors (Lipinski definition) is 3. The van der Waals surface area contributed by atoms with Crippen LogP contribution in [0.4, 0.5) is 0 Å². The van der Waals surface area contributed by atoms with Gasteiger partial charge in [-0.1, -0.05) is 20.8 Å². The Bertz CT molecular complexity index is 408. The van der Waals surface area contributed by atoms with Gasteiger partial charge in [0.05, 0.1) is 5.03 Å². The maximum absolute atomic E-state index is 11.3. The van der Waals surface area contributed by atoms with Crippen LogP contribution in [-0.4, -0.2) is 14.3 Å². The Balaban J connectivity index is 3.15. The smallest absolute Gasteiger partial charge is 0.302 e. The predicted octanol–water partition coefficient (Wildman–Crippen LogP) is 0.964. The molecule has 0 saturated heterocycles. The average Bonchev–Trinajstić information content (AvgIpc) is 1.96. The van der Waals surface area contributed by atoms with E-state index in [-0.39, 0.29) is 16.0 Å². The predicted molar refractivity (Wildman–Crippen MR) is 57.9 cm³/mol. The van der Waals surface area contributed by atoms with Crippen LogP contribution in [0, 0.1) is 0 Å². The van der Waals surface area contributed by atoms with Crippen LogP contribution in [0.25, 0.3) is 0 Å². The van der Waals surface area contributed by atoms with Crippen molar-refractivity contribution in [3.63, 3.8) is 0 Å². The third-order valence-corrected chi connectivity index (χ3v) is 2.59. The lowest BCUT2D eigenvalue weighted by Gasteiger charge is -2.16. The second-order valence-corrected chi connectivity index (χ2v) is 5.92. The van der Waals surface area contributed by atoms with Crippen LogP contribution in [0.15, 0.2) is 20.7 Å². The summed E-state index contributed by atoms with van der Waals surface area (Å²) in [5, 5.41) is 0.616. The van der Waals surface area contributed by atoms with Gasteiger partial charge >= 0.3 is 5.69 Å². The lowest BCUT2D eigenvalue weighted by atomic mass is 10.3.